The van der Waals surface area contributed by atoms with Crippen LogP contribution in [0.1, 0.15) is 20.8 Å². The van der Waals surface area contributed by atoms with Crippen LogP contribution in [0.25, 0.3) is 0 Å². The van der Waals surface area contributed by atoms with Gasteiger partial charge in [-0.3, -0.25) is 4.79 Å². The van der Waals surface area contributed by atoms with Crippen LogP contribution in [0.2, 0.25) is 0 Å². The second-order valence-corrected chi connectivity index (χ2v) is 4.75. The Morgan fingerprint density at radius 2 is 2.20 bits per heavy atom. The molecule has 0 bridgehead atoms. The summed E-state index contributed by atoms with van der Waals surface area (Å²) >= 11 is 1.62. The third-order valence-electron chi connectivity index (χ3n) is 2.36. The maximum atomic E-state index is 11.5. The zero-order valence-electron chi connectivity index (χ0n) is 9.41. The highest BCUT2D eigenvalue weighted by Gasteiger charge is 2.09. The van der Waals surface area contributed by atoms with Crippen LogP contribution >= 0.6 is 11.3 Å². The molecule has 1 aromatic rings. The van der Waals surface area contributed by atoms with Crippen molar-refractivity contribution in [1.29, 1.82) is 0 Å². The molecule has 0 saturated carbocycles. The van der Waals surface area contributed by atoms with E-state index in [4.69, 9.17) is 0 Å². The van der Waals surface area contributed by atoms with Crippen molar-refractivity contribution in [3.05, 3.63) is 16.8 Å². The molecule has 0 fully saturated rings. The van der Waals surface area contributed by atoms with Crippen molar-refractivity contribution < 1.29 is 4.79 Å². The van der Waals surface area contributed by atoms with Gasteiger partial charge in [0.1, 0.15) is 0 Å². The van der Waals surface area contributed by atoms with Crippen LogP contribution in [0.5, 0.6) is 0 Å². The number of carbonyl (C=O) groups excluding carboxylic acids is 1. The number of carbonyl (C=O) groups is 1. The Labute approximate surface area is 94.9 Å². The van der Waals surface area contributed by atoms with Crippen molar-refractivity contribution in [2.45, 2.75) is 26.8 Å². The maximum absolute atomic E-state index is 11.5. The van der Waals surface area contributed by atoms with Crippen LogP contribution in [-0.2, 0) is 4.79 Å². The summed E-state index contributed by atoms with van der Waals surface area (Å²) in [4.78, 5) is 11.5. The molecule has 2 N–H and O–H groups in total. The molecule has 1 heterocycles. The maximum Gasteiger partial charge on any atom is 0.239 e. The van der Waals surface area contributed by atoms with Gasteiger partial charge in [-0.2, -0.15) is 11.3 Å². The molecule has 0 aliphatic carbocycles. The van der Waals surface area contributed by atoms with Crippen molar-refractivity contribution in [1.82, 2.24) is 5.32 Å². The first-order valence-corrected chi connectivity index (χ1v) is 6.09. The SMILES string of the molecule is CC(C)C(C)NC(=O)CNc1ccsc1. The monoisotopic (exact) mass is 226 g/mol. The number of hydrogen-bond acceptors (Lipinski definition) is 3. The van der Waals surface area contributed by atoms with Gasteiger partial charge in [-0.25, -0.2) is 0 Å². The van der Waals surface area contributed by atoms with Crippen molar-refractivity contribution in [2.24, 2.45) is 5.92 Å². The number of nitrogens with one attached hydrogen (secondary N) is 2. The van der Waals surface area contributed by atoms with E-state index in [-0.39, 0.29) is 11.9 Å². The highest BCUT2D eigenvalue weighted by molar-refractivity contribution is 7.08. The smallest absolute Gasteiger partial charge is 0.239 e. The molecule has 0 spiro atoms. The molecule has 15 heavy (non-hydrogen) atoms. The van der Waals surface area contributed by atoms with Crippen LogP contribution in [0, 0.1) is 5.92 Å². The average molecular weight is 226 g/mol. The largest absolute Gasteiger partial charge is 0.375 e. The Kier molecular flexibility index (Phi) is 4.62. The first kappa shape index (κ1) is 12.0. The fourth-order valence-corrected chi connectivity index (χ4v) is 1.63. The van der Waals surface area contributed by atoms with Crippen LogP contribution in [0.15, 0.2) is 16.8 Å². The first-order chi connectivity index (χ1) is 7.09. The van der Waals surface area contributed by atoms with Crippen LogP contribution < -0.4 is 10.6 Å². The van der Waals surface area contributed by atoms with Crippen LogP contribution in [-0.4, -0.2) is 18.5 Å². The van der Waals surface area contributed by atoms with Crippen LogP contribution in [0.4, 0.5) is 5.69 Å². The molecular weight excluding hydrogens is 208 g/mol. The highest BCUT2D eigenvalue weighted by Crippen LogP contribution is 2.10. The third-order valence-corrected chi connectivity index (χ3v) is 3.05. The lowest BCUT2D eigenvalue weighted by molar-refractivity contribution is -0.120. The molecule has 4 heteroatoms. The molecule has 1 rings (SSSR count). The van der Waals surface area contributed by atoms with Crippen molar-refractivity contribution >= 4 is 22.9 Å². The Morgan fingerprint density at radius 1 is 1.47 bits per heavy atom. The van der Waals surface area contributed by atoms with Gasteiger partial charge in [-0.1, -0.05) is 13.8 Å². The Balaban J connectivity index is 2.25. The van der Waals surface area contributed by atoms with Gasteiger partial charge in [0.25, 0.3) is 0 Å². The standard InChI is InChI=1S/C11H18N2OS/c1-8(2)9(3)13-11(14)6-12-10-4-5-15-7-10/h4-5,7-9,12H,6H2,1-3H3,(H,13,14). The summed E-state index contributed by atoms with van der Waals surface area (Å²) in [6.07, 6.45) is 0. The minimum Gasteiger partial charge on any atom is -0.375 e. The number of thiophene rings is 1. The van der Waals surface area contributed by atoms with E-state index in [1.165, 1.54) is 0 Å². The third kappa shape index (κ3) is 4.34. The van der Waals surface area contributed by atoms with Gasteiger partial charge in [-0.15, -0.1) is 0 Å². The zero-order chi connectivity index (χ0) is 11.3. The Bertz CT molecular complexity index is 296. The van der Waals surface area contributed by atoms with E-state index in [0.29, 0.717) is 12.5 Å². The van der Waals surface area contributed by atoms with Gasteiger partial charge in [0.2, 0.25) is 5.91 Å². The molecule has 0 aromatic carbocycles. The molecule has 1 atom stereocenters. The predicted octanol–water partition coefficient (Wildman–Crippen LogP) is 2.32. The fraction of sp³-hybridized carbons (Fsp3) is 0.545. The van der Waals surface area contributed by atoms with Gasteiger partial charge < -0.3 is 10.6 Å². The van der Waals surface area contributed by atoms with Crippen molar-refractivity contribution in [2.75, 3.05) is 11.9 Å². The number of amides is 1. The Morgan fingerprint density at radius 3 is 2.73 bits per heavy atom. The fourth-order valence-electron chi connectivity index (χ4n) is 1.02. The summed E-state index contributed by atoms with van der Waals surface area (Å²) in [6, 6.07) is 2.19. The molecule has 0 aliphatic rings. The lowest BCUT2D eigenvalue weighted by atomic mass is 10.1. The topological polar surface area (TPSA) is 41.1 Å². The highest BCUT2D eigenvalue weighted by atomic mass is 32.1. The summed E-state index contributed by atoms with van der Waals surface area (Å²) in [7, 11) is 0. The molecule has 3 nitrogen and oxygen atoms in total. The van der Waals surface area contributed by atoms with Crippen molar-refractivity contribution in [3.63, 3.8) is 0 Å². The predicted molar refractivity (Wildman–Crippen MR) is 65.3 cm³/mol. The first-order valence-electron chi connectivity index (χ1n) is 5.15. The molecule has 1 aromatic heterocycles. The molecule has 1 amide bonds. The van der Waals surface area contributed by atoms with Crippen molar-refractivity contribution in [3.8, 4) is 0 Å². The molecule has 0 aliphatic heterocycles. The number of rotatable bonds is 5. The molecule has 0 saturated heterocycles. The number of hydrogen-bond donors (Lipinski definition) is 2. The minimum absolute atomic E-state index is 0.0439. The summed E-state index contributed by atoms with van der Waals surface area (Å²) in [6.45, 7) is 6.55. The molecule has 0 radical (unpaired) electrons. The van der Waals surface area contributed by atoms with E-state index in [0.717, 1.165) is 5.69 Å². The Hall–Kier alpha value is -1.03. The summed E-state index contributed by atoms with van der Waals surface area (Å²) in [5, 5.41) is 9.98. The lowest BCUT2D eigenvalue weighted by Crippen LogP contribution is -2.39. The normalized spacial score (nSPS) is 12.5. The second-order valence-electron chi connectivity index (χ2n) is 3.97. The molecule has 1 unspecified atom stereocenters. The van der Waals surface area contributed by atoms with E-state index in [9.17, 15) is 4.79 Å². The average Bonchev–Trinajstić information content (AvgIpc) is 2.66. The molecule has 84 valence electrons. The van der Waals surface area contributed by atoms with Gasteiger partial charge in [0, 0.05) is 17.1 Å². The van der Waals surface area contributed by atoms with Gasteiger partial charge in [-0.05, 0) is 24.3 Å². The summed E-state index contributed by atoms with van der Waals surface area (Å²) < 4.78 is 0. The van der Waals surface area contributed by atoms with Gasteiger partial charge in [0.05, 0.1) is 6.54 Å². The van der Waals surface area contributed by atoms with Gasteiger partial charge in [0.15, 0.2) is 0 Å². The minimum atomic E-state index is 0.0439. The summed E-state index contributed by atoms with van der Waals surface area (Å²) in [5.41, 5.74) is 1.01. The number of anilines is 1. The van der Waals surface area contributed by atoms with E-state index >= 15 is 0 Å². The molecular formula is C11H18N2OS. The zero-order valence-corrected chi connectivity index (χ0v) is 10.2. The quantitative estimate of drug-likeness (QED) is 0.809. The lowest BCUT2D eigenvalue weighted by Gasteiger charge is -2.17. The van der Waals surface area contributed by atoms with Gasteiger partial charge >= 0.3 is 0 Å². The van der Waals surface area contributed by atoms with E-state index in [2.05, 4.69) is 24.5 Å². The van der Waals surface area contributed by atoms with E-state index in [1.54, 1.807) is 11.3 Å². The summed E-state index contributed by atoms with van der Waals surface area (Å²) in [5.74, 6) is 0.512. The van der Waals surface area contributed by atoms with E-state index in [1.807, 2.05) is 23.8 Å². The van der Waals surface area contributed by atoms with E-state index < -0.39 is 0 Å². The van der Waals surface area contributed by atoms with Crippen LogP contribution in [0.3, 0.4) is 0 Å². The second kappa shape index (κ2) is 5.75.